The summed E-state index contributed by atoms with van der Waals surface area (Å²) in [6.45, 7) is 0.983. The highest BCUT2D eigenvalue weighted by Crippen LogP contribution is 2.21. The molecule has 1 amide bonds. The fourth-order valence-corrected chi connectivity index (χ4v) is 2.37. The Morgan fingerprint density at radius 1 is 1.47 bits per heavy atom. The zero-order valence-corrected chi connectivity index (χ0v) is 10.8. The van der Waals surface area contributed by atoms with E-state index < -0.39 is 0 Å². The van der Waals surface area contributed by atoms with Crippen molar-refractivity contribution in [2.75, 3.05) is 19.7 Å². The molecule has 1 unspecified atom stereocenters. The predicted molar refractivity (Wildman–Crippen MR) is 73.5 cm³/mol. The van der Waals surface area contributed by atoms with Crippen LogP contribution in [0, 0.1) is 11.8 Å². The van der Waals surface area contributed by atoms with Crippen molar-refractivity contribution in [2.24, 2.45) is 5.73 Å². The van der Waals surface area contributed by atoms with E-state index in [2.05, 4.69) is 11.8 Å². The molecule has 0 radical (unpaired) electrons. The van der Waals surface area contributed by atoms with Gasteiger partial charge in [0.15, 0.2) is 0 Å². The van der Waals surface area contributed by atoms with Gasteiger partial charge in [0.2, 0.25) is 0 Å². The van der Waals surface area contributed by atoms with Gasteiger partial charge >= 0.3 is 0 Å². The molecule has 0 aromatic heterocycles. The van der Waals surface area contributed by atoms with Gasteiger partial charge in [-0.2, -0.15) is 0 Å². The molecule has 0 spiro atoms. The Morgan fingerprint density at radius 3 is 3.00 bits per heavy atom. The molecule has 4 nitrogen and oxygen atoms in total. The number of amides is 1. The Bertz CT molecular complexity index is 516. The molecule has 1 aliphatic rings. The Kier molecular flexibility index (Phi) is 4.56. The molecular weight excluding hydrogens is 240 g/mol. The third-order valence-corrected chi connectivity index (χ3v) is 3.33. The minimum absolute atomic E-state index is 0.0163. The lowest BCUT2D eigenvalue weighted by atomic mass is 10.1. The second-order valence-corrected chi connectivity index (χ2v) is 4.53. The first-order valence-corrected chi connectivity index (χ1v) is 6.47. The highest BCUT2D eigenvalue weighted by atomic mass is 16.3. The SMILES string of the molecule is NCC#Cc1ccccc1C(=O)N1CCCC1CO. The zero-order chi connectivity index (χ0) is 13.7. The molecule has 1 atom stereocenters. The van der Waals surface area contributed by atoms with E-state index >= 15 is 0 Å². The molecule has 0 saturated carbocycles. The zero-order valence-electron chi connectivity index (χ0n) is 10.8. The Morgan fingerprint density at radius 2 is 2.26 bits per heavy atom. The lowest BCUT2D eigenvalue weighted by molar-refractivity contribution is 0.0677. The number of hydrogen-bond donors (Lipinski definition) is 2. The molecule has 1 fully saturated rings. The fraction of sp³-hybridized carbons (Fsp3) is 0.400. The van der Waals surface area contributed by atoms with Crippen LogP contribution in [-0.4, -0.2) is 41.7 Å². The topological polar surface area (TPSA) is 66.6 Å². The van der Waals surface area contributed by atoms with Crippen LogP contribution in [-0.2, 0) is 0 Å². The fourth-order valence-electron chi connectivity index (χ4n) is 2.37. The summed E-state index contributed by atoms with van der Waals surface area (Å²) in [4.78, 5) is 14.3. The van der Waals surface area contributed by atoms with Crippen molar-refractivity contribution >= 4 is 5.91 Å². The van der Waals surface area contributed by atoms with E-state index in [4.69, 9.17) is 5.73 Å². The van der Waals surface area contributed by atoms with Crippen LogP contribution >= 0.6 is 0 Å². The minimum atomic E-state index is -0.0666. The van der Waals surface area contributed by atoms with Crippen molar-refractivity contribution in [1.29, 1.82) is 0 Å². The summed E-state index contributed by atoms with van der Waals surface area (Å²) in [6.07, 6.45) is 1.80. The average Bonchev–Trinajstić information content (AvgIpc) is 2.93. The van der Waals surface area contributed by atoms with Gasteiger partial charge in [-0.1, -0.05) is 24.0 Å². The molecule has 3 N–H and O–H groups in total. The lowest BCUT2D eigenvalue weighted by Crippen LogP contribution is -2.37. The maximum atomic E-state index is 12.5. The van der Waals surface area contributed by atoms with Gasteiger partial charge in [-0.25, -0.2) is 0 Å². The summed E-state index contributed by atoms with van der Waals surface area (Å²) in [5, 5.41) is 9.30. The van der Waals surface area contributed by atoms with Crippen molar-refractivity contribution in [3.05, 3.63) is 35.4 Å². The molecule has 0 aliphatic carbocycles. The van der Waals surface area contributed by atoms with Crippen LogP contribution in [0.2, 0.25) is 0 Å². The van der Waals surface area contributed by atoms with E-state index in [0.29, 0.717) is 17.7 Å². The summed E-state index contributed by atoms with van der Waals surface area (Å²) >= 11 is 0. The van der Waals surface area contributed by atoms with Crippen molar-refractivity contribution in [3.63, 3.8) is 0 Å². The van der Waals surface area contributed by atoms with Crippen LogP contribution in [0.1, 0.15) is 28.8 Å². The Labute approximate surface area is 113 Å². The van der Waals surface area contributed by atoms with Gasteiger partial charge in [0, 0.05) is 12.1 Å². The molecule has 1 heterocycles. The summed E-state index contributed by atoms with van der Waals surface area (Å²) in [5.74, 6) is 5.64. The van der Waals surface area contributed by atoms with Crippen LogP contribution in [0.4, 0.5) is 0 Å². The number of carbonyl (C=O) groups is 1. The first-order valence-electron chi connectivity index (χ1n) is 6.47. The van der Waals surface area contributed by atoms with E-state index in [1.54, 1.807) is 11.0 Å². The summed E-state index contributed by atoms with van der Waals surface area (Å²) < 4.78 is 0. The summed E-state index contributed by atoms with van der Waals surface area (Å²) in [6, 6.07) is 7.20. The molecule has 4 heteroatoms. The monoisotopic (exact) mass is 258 g/mol. The quantitative estimate of drug-likeness (QED) is 0.763. The van der Waals surface area contributed by atoms with E-state index in [1.807, 2.05) is 18.2 Å². The molecule has 1 aliphatic heterocycles. The number of nitrogens with two attached hydrogens (primary N) is 1. The second-order valence-electron chi connectivity index (χ2n) is 4.53. The molecule has 0 bridgehead atoms. The van der Waals surface area contributed by atoms with Gasteiger partial charge in [0.05, 0.1) is 24.8 Å². The van der Waals surface area contributed by atoms with Gasteiger partial charge in [-0.3, -0.25) is 4.79 Å². The lowest BCUT2D eigenvalue weighted by Gasteiger charge is -2.23. The Hall–Kier alpha value is -1.83. The number of aliphatic hydroxyl groups excluding tert-OH is 1. The average molecular weight is 258 g/mol. The predicted octanol–water partition coefficient (Wildman–Crippen LogP) is 0.594. The smallest absolute Gasteiger partial charge is 0.255 e. The number of aliphatic hydroxyl groups is 1. The largest absolute Gasteiger partial charge is 0.394 e. The van der Waals surface area contributed by atoms with Crippen molar-refractivity contribution in [2.45, 2.75) is 18.9 Å². The van der Waals surface area contributed by atoms with Gasteiger partial charge in [0.1, 0.15) is 0 Å². The maximum Gasteiger partial charge on any atom is 0.255 e. The molecular formula is C15H18N2O2. The van der Waals surface area contributed by atoms with Gasteiger partial charge in [0.25, 0.3) is 5.91 Å². The molecule has 2 rings (SSSR count). The van der Waals surface area contributed by atoms with Crippen LogP contribution < -0.4 is 5.73 Å². The third kappa shape index (κ3) is 2.95. The van der Waals surface area contributed by atoms with Gasteiger partial charge < -0.3 is 15.7 Å². The van der Waals surface area contributed by atoms with Crippen molar-refractivity contribution < 1.29 is 9.90 Å². The number of nitrogens with zero attached hydrogens (tertiary/aromatic N) is 1. The van der Waals surface area contributed by atoms with E-state index in [9.17, 15) is 9.90 Å². The number of likely N-dealkylation sites (tertiary alicyclic amines) is 1. The first kappa shape index (κ1) is 13.6. The molecule has 19 heavy (non-hydrogen) atoms. The van der Waals surface area contributed by atoms with Crippen LogP contribution in [0.3, 0.4) is 0 Å². The van der Waals surface area contributed by atoms with Crippen LogP contribution in [0.15, 0.2) is 24.3 Å². The summed E-state index contributed by atoms with van der Waals surface area (Å²) in [7, 11) is 0. The number of carbonyl (C=O) groups excluding carboxylic acids is 1. The van der Waals surface area contributed by atoms with Crippen LogP contribution in [0.25, 0.3) is 0 Å². The molecule has 1 aromatic carbocycles. The highest BCUT2D eigenvalue weighted by molar-refractivity contribution is 5.97. The number of benzene rings is 1. The van der Waals surface area contributed by atoms with E-state index in [0.717, 1.165) is 12.8 Å². The highest BCUT2D eigenvalue weighted by Gasteiger charge is 2.29. The summed E-state index contributed by atoms with van der Waals surface area (Å²) in [5.41, 5.74) is 6.65. The number of rotatable bonds is 2. The standard InChI is InChI=1S/C15H18N2O2/c16-9-3-6-12-5-1-2-8-14(12)15(19)17-10-4-7-13(17)11-18/h1-2,5,8,13,18H,4,7,9-11,16H2. The molecule has 1 saturated heterocycles. The number of hydrogen-bond acceptors (Lipinski definition) is 3. The normalized spacial score (nSPS) is 18.0. The van der Waals surface area contributed by atoms with E-state index in [-0.39, 0.29) is 25.1 Å². The minimum Gasteiger partial charge on any atom is -0.394 e. The molecule has 1 aromatic rings. The van der Waals surface area contributed by atoms with E-state index in [1.165, 1.54) is 0 Å². The third-order valence-electron chi connectivity index (χ3n) is 3.33. The maximum absolute atomic E-state index is 12.5. The Balaban J connectivity index is 2.28. The molecule has 100 valence electrons. The van der Waals surface area contributed by atoms with Gasteiger partial charge in [-0.15, -0.1) is 0 Å². The first-order chi connectivity index (χ1) is 9.27. The van der Waals surface area contributed by atoms with Crippen LogP contribution in [0.5, 0.6) is 0 Å². The second kappa shape index (κ2) is 6.37. The van der Waals surface area contributed by atoms with Crippen molar-refractivity contribution in [3.8, 4) is 11.8 Å². The van der Waals surface area contributed by atoms with Crippen molar-refractivity contribution in [1.82, 2.24) is 4.90 Å². The van der Waals surface area contributed by atoms with Gasteiger partial charge in [-0.05, 0) is 25.0 Å².